The van der Waals surface area contributed by atoms with Crippen molar-refractivity contribution in [1.29, 1.82) is 0 Å². The lowest BCUT2D eigenvalue weighted by Crippen LogP contribution is -2.64. The first-order chi connectivity index (χ1) is 48.2. The second-order valence-corrected chi connectivity index (χ2v) is 27.9. The van der Waals surface area contributed by atoms with E-state index in [1.807, 2.05) is 0 Å². The Kier molecular flexibility index (Phi) is 12.2. The number of ether oxygens (including phenoxy) is 1. The zero-order chi connectivity index (χ0) is 65.1. The molecule has 14 aromatic carbocycles. The molecule has 0 fully saturated rings. The quantitative estimate of drug-likeness (QED) is 0.134. The van der Waals surface area contributed by atoms with Crippen LogP contribution >= 0.6 is 0 Å². The van der Waals surface area contributed by atoms with Gasteiger partial charge in [-0.2, -0.15) is 0 Å². The van der Waals surface area contributed by atoms with E-state index in [9.17, 15) is 0 Å². The van der Waals surface area contributed by atoms with Crippen molar-refractivity contribution in [3.8, 4) is 33.8 Å². The number of rotatable bonds is 9. The van der Waals surface area contributed by atoms with Crippen LogP contribution in [0.2, 0.25) is 0 Å². The van der Waals surface area contributed by atoms with Gasteiger partial charge in [-0.3, -0.25) is 0 Å². The monoisotopic (exact) mass is 1250 g/mol. The molecule has 6 aliphatic rings. The third-order valence-electron chi connectivity index (χ3n) is 21.9. The van der Waals surface area contributed by atoms with Crippen LogP contribution in [-0.4, -0.2) is 13.4 Å². The lowest BCUT2D eigenvalue weighted by molar-refractivity contribution is 0.487. The molecule has 0 saturated carbocycles. The van der Waals surface area contributed by atoms with Crippen molar-refractivity contribution in [2.75, 3.05) is 24.5 Å². The lowest BCUT2D eigenvalue weighted by Gasteiger charge is -2.47. The van der Waals surface area contributed by atoms with Gasteiger partial charge in [0.05, 0.1) is 0 Å². The molecular weight excluding hydrogens is 1190 g/mol. The Morgan fingerprint density at radius 3 is 1.10 bits per heavy atom. The van der Waals surface area contributed by atoms with E-state index in [2.05, 4.69) is 374 Å². The van der Waals surface area contributed by atoms with Gasteiger partial charge in [-0.25, -0.2) is 0 Å². The van der Waals surface area contributed by atoms with E-state index < -0.39 is 10.8 Å². The summed E-state index contributed by atoms with van der Waals surface area (Å²) >= 11 is 0. The summed E-state index contributed by atoms with van der Waals surface area (Å²) in [4.78, 5) is 12.5. The Hall–Kier alpha value is -12.0. The third kappa shape index (κ3) is 8.06. The van der Waals surface area contributed by atoms with Gasteiger partial charge in [0, 0.05) is 102 Å². The molecule has 0 aromatic heterocycles. The van der Waals surface area contributed by atoms with Crippen LogP contribution in [0.5, 0.6) is 11.5 Å². The number of fused-ring (bicyclic) bond motifs is 16. The summed E-state index contributed by atoms with van der Waals surface area (Å²) in [5.74, 6) is 1.75. The summed E-state index contributed by atoms with van der Waals surface area (Å²) in [7, 11) is 0. The van der Waals surface area contributed by atoms with E-state index in [0.29, 0.717) is 0 Å². The predicted octanol–water partition coefficient (Wildman–Crippen LogP) is 19.7. The molecule has 0 saturated heterocycles. The minimum atomic E-state index is -0.454. The minimum absolute atomic E-state index is 0.169. The average Bonchev–Trinajstić information content (AvgIpc) is 1.31. The Balaban J connectivity index is 0.832. The molecule has 20 rings (SSSR count). The SMILES string of the molecule is CC1(C)c2cc(N(c3ccccc3)c3ccccc3)ccc2-c2cc3c4c(c21)N(c1ccccc1)c1ccccc1B4c1cc2c(cc1O3)N(c1ccccc1)c1cc3c(c4c1B2c1ccccc1N4c1ccccc1)C(C)(C)c1cc(N(c2ccccc2)c2ccccc2)ccc1-3. The molecule has 8 heteroatoms. The molecule has 4 heterocycles. The third-order valence-corrected chi connectivity index (χ3v) is 21.9. The zero-order valence-electron chi connectivity index (χ0n) is 54.9. The largest absolute Gasteiger partial charge is 0.458 e. The van der Waals surface area contributed by atoms with Crippen LogP contribution in [0.4, 0.5) is 85.3 Å². The summed E-state index contributed by atoms with van der Waals surface area (Å²) in [5.41, 5.74) is 33.7. The van der Waals surface area contributed by atoms with Crippen LogP contribution in [0.25, 0.3) is 22.3 Å². The smallest absolute Gasteiger partial charge is 0.256 e. The number of para-hydroxylation sites is 9. The molecule has 462 valence electrons. The van der Waals surface area contributed by atoms with Gasteiger partial charge in [0.25, 0.3) is 13.4 Å². The fourth-order valence-corrected chi connectivity index (χ4v) is 17.8. The molecule has 2 aliphatic carbocycles. The van der Waals surface area contributed by atoms with E-state index >= 15 is 0 Å². The first kappa shape index (κ1) is 56.4. The number of nitrogens with zero attached hydrogens (tertiary/aromatic N) is 5. The molecule has 0 atom stereocenters. The van der Waals surface area contributed by atoms with Crippen molar-refractivity contribution in [2.45, 2.75) is 38.5 Å². The molecule has 98 heavy (non-hydrogen) atoms. The molecular formula is C90H65B2N5O. The van der Waals surface area contributed by atoms with Gasteiger partial charge in [0.1, 0.15) is 11.5 Å². The topological polar surface area (TPSA) is 25.4 Å². The van der Waals surface area contributed by atoms with E-state index in [0.717, 1.165) is 74.1 Å². The highest BCUT2D eigenvalue weighted by Gasteiger charge is 2.53. The first-order valence-corrected chi connectivity index (χ1v) is 34.3. The standard InChI is InChI=1S/C90H65B2N5O/c1-89(2)71-52-65(93(58-30-12-5-13-31-58)59-32-14-6-15-33-59)48-50-67(71)69-54-80-85-87(83(69)89)96(63-40-22-10-23-41-63)77-46-28-26-44-73(77)91(85)75-56-76-81(57-79(75)95(80)62-38-20-9-21-39-62)98-82-55-70-68-51-49-66(94(60-34-16-7-17-35-60)61-36-18-8-19-37-61)53-72(68)90(3,4)84(70)88-86(82)92(76)74-45-27-29-47-78(74)97(88)64-42-24-11-25-43-64/h5-57H,1-4H3. The van der Waals surface area contributed by atoms with Crippen LogP contribution in [0.1, 0.15) is 49.9 Å². The number of anilines is 15. The van der Waals surface area contributed by atoms with Crippen molar-refractivity contribution < 1.29 is 4.74 Å². The van der Waals surface area contributed by atoms with E-state index in [-0.39, 0.29) is 13.4 Å². The highest BCUT2D eigenvalue weighted by atomic mass is 16.5. The van der Waals surface area contributed by atoms with Gasteiger partial charge in [-0.05, 0) is 211 Å². The molecule has 0 unspecified atom stereocenters. The van der Waals surface area contributed by atoms with Crippen LogP contribution in [0.15, 0.2) is 322 Å². The van der Waals surface area contributed by atoms with Crippen molar-refractivity contribution in [1.82, 2.24) is 0 Å². The normalized spacial score (nSPS) is 14.5. The second-order valence-electron chi connectivity index (χ2n) is 27.9. The highest BCUT2D eigenvalue weighted by molar-refractivity contribution is 7.02. The average molecular weight is 1250 g/mol. The van der Waals surface area contributed by atoms with Gasteiger partial charge in [0.15, 0.2) is 0 Å². The highest BCUT2D eigenvalue weighted by Crippen LogP contribution is 2.61. The Morgan fingerprint density at radius 1 is 0.276 bits per heavy atom. The van der Waals surface area contributed by atoms with Crippen molar-refractivity contribution in [3.05, 3.63) is 344 Å². The lowest BCUT2D eigenvalue weighted by atomic mass is 9.30. The van der Waals surface area contributed by atoms with Crippen molar-refractivity contribution in [2.24, 2.45) is 0 Å². The second kappa shape index (κ2) is 21.3. The molecule has 4 aliphatic heterocycles. The Bertz CT molecular complexity index is 5500. The number of hydrogen-bond acceptors (Lipinski definition) is 6. The number of benzene rings is 14. The first-order valence-electron chi connectivity index (χ1n) is 34.3. The maximum atomic E-state index is 7.87. The summed E-state index contributed by atoms with van der Waals surface area (Å²) in [5, 5.41) is 0. The van der Waals surface area contributed by atoms with Gasteiger partial charge >= 0.3 is 0 Å². The summed E-state index contributed by atoms with van der Waals surface area (Å²) in [6.07, 6.45) is 0. The summed E-state index contributed by atoms with van der Waals surface area (Å²) < 4.78 is 7.87. The predicted molar refractivity (Wildman–Crippen MR) is 411 cm³/mol. The molecule has 6 nitrogen and oxygen atoms in total. The molecule has 0 N–H and O–H groups in total. The Labute approximate surface area is 573 Å². The summed E-state index contributed by atoms with van der Waals surface area (Å²) in [6, 6.07) is 119. The Morgan fingerprint density at radius 2 is 0.653 bits per heavy atom. The summed E-state index contributed by atoms with van der Waals surface area (Å²) in [6.45, 7) is 9.46. The van der Waals surface area contributed by atoms with Crippen LogP contribution < -0.4 is 62.0 Å². The fraction of sp³-hybridized carbons (Fsp3) is 0.0667. The minimum Gasteiger partial charge on any atom is -0.458 e. The van der Waals surface area contributed by atoms with Crippen LogP contribution in [0, 0.1) is 0 Å². The van der Waals surface area contributed by atoms with Gasteiger partial charge < -0.3 is 29.2 Å². The molecule has 0 radical (unpaired) electrons. The van der Waals surface area contributed by atoms with Gasteiger partial charge in [0.2, 0.25) is 0 Å². The zero-order valence-corrected chi connectivity index (χ0v) is 54.9. The van der Waals surface area contributed by atoms with Crippen molar-refractivity contribution in [3.63, 3.8) is 0 Å². The maximum Gasteiger partial charge on any atom is 0.256 e. The molecule has 0 amide bonds. The fourth-order valence-electron chi connectivity index (χ4n) is 17.8. The van der Waals surface area contributed by atoms with E-state index in [1.165, 1.54) is 100 Å². The molecule has 0 spiro atoms. The van der Waals surface area contributed by atoms with Gasteiger partial charge in [-0.15, -0.1) is 0 Å². The van der Waals surface area contributed by atoms with E-state index in [4.69, 9.17) is 4.74 Å². The van der Waals surface area contributed by atoms with Crippen LogP contribution in [-0.2, 0) is 10.8 Å². The van der Waals surface area contributed by atoms with E-state index in [1.54, 1.807) is 0 Å². The van der Waals surface area contributed by atoms with Gasteiger partial charge in [-0.1, -0.05) is 210 Å². The number of hydrogen-bond donors (Lipinski definition) is 0. The molecule has 0 bridgehead atoms. The van der Waals surface area contributed by atoms with Crippen molar-refractivity contribution >= 4 is 132 Å². The van der Waals surface area contributed by atoms with Crippen LogP contribution in [0.3, 0.4) is 0 Å². The maximum absolute atomic E-state index is 7.87. The molecule has 14 aromatic rings.